The van der Waals surface area contributed by atoms with Gasteiger partial charge in [0.15, 0.2) is 5.78 Å². The van der Waals surface area contributed by atoms with Crippen LogP contribution in [-0.2, 0) is 30.3 Å². The predicted octanol–water partition coefficient (Wildman–Crippen LogP) is 8.87. The Morgan fingerprint density at radius 2 is 1.51 bits per heavy atom. The molecular weight excluding hydrogens is 1060 g/mol. The molecule has 1 unspecified atom stereocenters. The van der Waals surface area contributed by atoms with E-state index in [1.54, 1.807) is 29.8 Å². The number of urea groups is 1. The van der Waals surface area contributed by atoms with E-state index in [1.807, 2.05) is 42.1 Å². The minimum absolute atomic E-state index is 0.0299. The zero-order chi connectivity index (χ0) is 58.3. The van der Waals surface area contributed by atoms with Gasteiger partial charge in [0.2, 0.25) is 23.6 Å². The lowest BCUT2D eigenvalue weighted by Gasteiger charge is -2.49. The minimum Gasteiger partial charge on any atom is -0.393 e. The molecule has 6 fully saturated rings. The average molecular weight is 1160 g/mol. The van der Waals surface area contributed by atoms with Crippen LogP contribution in [0.25, 0.3) is 0 Å². The topological polar surface area (TPSA) is 207 Å². The summed E-state index contributed by atoms with van der Waals surface area (Å²) in [6.45, 7) is 13.1. The van der Waals surface area contributed by atoms with Gasteiger partial charge in [0.05, 0.1) is 29.9 Å². The van der Waals surface area contributed by atoms with Gasteiger partial charge in [0, 0.05) is 92.5 Å². The Kier molecular flexibility index (Phi) is 20.3. The molecule has 10 rings (SSSR count). The average Bonchev–Trinajstić information content (AvgIpc) is 1.84. The maximum absolute atomic E-state index is 13.8. The number of fused-ring (bicyclic) bond motifs is 7. The summed E-state index contributed by atoms with van der Waals surface area (Å²) in [6.07, 6.45) is 19.4. The number of carbonyl (C=O) groups is 6. The van der Waals surface area contributed by atoms with Gasteiger partial charge in [0.25, 0.3) is 0 Å². The highest BCUT2D eigenvalue weighted by molar-refractivity contribution is 8.00. The summed E-state index contributed by atoms with van der Waals surface area (Å²) >= 11 is 1.89. The number of hydrogen-bond acceptors (Lipinski definition) is 10. The van der Waals surface area contributed by atoms with Crippen LogP contribution in [0.4, 0.5) is 4.79 Å². The maximum Gasteiger partial charge on any atom is 0.315 e. The molecule has 15 nitrogen and oxygen atoms in total. The number of rotatable bonds is 26. The van der Waals surface area contributed by atoms with Crippen LogP contribution in [0.2, 0.25) is 0 Å². The third-order valence-electron chi connectivity index (χ3n) is 21.0. The van der Waals surface area contributed by atoms with Gasteiger partial charge in [-0.1, -0.05) is 112 Å². The van der Waals surface area contributed by atoms with Crippen molar-refractivity contribution in [2.45, 2.75) is 210 Å². The molecule has 4 saturated heterocycles. The molecular formula is C67H95N7O8S. The van der Waals surface area contributed by atoms with E-state index in [9.17, 15) is 33.9 Å². The van der Waals surface area contributed by atoms with Gasteiger partial charge in [-0.25, -0.2) is 4.79 Å². The quantitative estimate of drug-likeness (QED) is 0.0206. The third kappa shape index (κ3) is 14.1. The molecule has 2 aromatic carbocycles. The van der Waals surface area contributed by atoms with Gasteiger partial charge in [-0.15, -0.1) is 0 Å². The van der Waals surface area contributed by atoms with E-state index in [4.69, 9.17) is 4.74 Å². The molecule has 1 spiro atoms. The van der Waals surface area contributed by atoms with Gasteiger partial charge in [-0.3, -0.25) is 28.9 Å². The molecule has 83 heavy (non-hydrogen) atoms. The van der Waals surface area contributed by atoms with Crippen LogP contribution in [-0.4, -0.2) is 131 Å². The summed E-state index contributed by atoms with van der Waals surface area (Å²) in [6, 6.07) is 16.1. The van der Waals surface area contributed by atoms with Crippen molar-refractivity contribution in [2.75, 3.05) is 38.5 Å². The van der Waals surface area contributed by atoms with Crippen molar-refractivity contribution in [1.82, 2.24) is 36.8 Å². The number of benzene rings is 2. The van der Waals surface area contributed by atoms with Crippen molar-refractivity contribution >= 4 is 47.2 Å². The van der Waals surface area contributed by atoms with Crippen molar-refractivity contribution in [3.63, 3.8) is 0 Å². The first-order valence-corrected chi connectivity index (χ1v) is 33.1. The number of likely N-dealkylation sites (tertiary alicyclic amines) is 1. The lowest BCUT2D eigenvalue weighted by molar-refractivity contribution is -0.129. The number of aliphatic hydroxyl groups is 1. The highest BCUT2D eigenvalue weighted by Crippen LogP contribution is 2.65. The Balaban J connectivity index is 0.635. The second kappa shape index (κ2) is 27.6. The number of nitrogens with one attached hydrogen (secondary N) is 6. The number of ketones is 1. The largest absolute Gasteiger partial charge is 0.393 e. The molecule has 452 valence electrons. The Bertz CT molecular complexity index is 2700. The number of allylic oxidation sites excluding steroid dienone is 2. The van der Waals surface area contributed by atoms with E-state index in [1.165, 1.54) is 24.0 Å². The van der Waals surface area contributed by atoms with Crippen molar-refractivity contribution < 1.29 is 38.6 Å². The maximum atomic E-state index is 13.8. The number of amides is 6. The fraction of sp³-hybridized carbons (Fsp3) is 0.672. The van der Waals surface area contributed by atoms with Crippen LogP contribution in [0, 0.1) is 35.0 Å². The molecule has 0 radical (unpaired) electrons. The Morgan fingerprint density at radius 3 is 2.27 bits per heavy atom. The van der Waals surface area contributed by atoms with Gasteiger partial charge in [-0.05, 0) is 137 Å². The molecule has 6 amide bonds. The number of piperidine rings is 1. The summed E-state index contributed by atoms with van der Waals surface area (Å²) in [4.78, 5) is 80.3. The molecule has 2 aromatic rings. The normalized spacial score (nSPS) is 31.8. The highest BCUT2D eigenvalue weighted by Gasteiger charge is 2.61. The van der Waals surface area contributed by atoms with E-state index in [-0.39, 0.29) is 83.6 Å². The summed E-state index contributed by atoms with van der Waals surface area (Å²) in [5, 5.41) is 29.2. The fourth-order valence-electron chi connectivity index (χ4n) is 16.5. The Labute approximate surface area is 497 Å². The molecule has 0 aromatic heterocycles. The first-order valence-electron chi connectivity index (χ1n) is 32.1. The zero-order valence-electron chi connectivity index (χ0n) is 50.0. The highest BCUT2D eigenvalue weighted by atomic mass is 32.2. The SMILES string of the molecule is CC1=C2C[C@H]3[C@@H](CC=C4C[C@@H](O)CC[C@@]43C)[C@@H]2CCC12O[C@@H]1C[C@H](C)CN(CCNC(=O)CCCCCNC(=O)[C@H](Cc3ccc(C(=O)c4ccccc4)cc3)NC(=O)CCCCCNC(=O)CCCC[C@@H]3SC[C@@H]4NC(=O)N[C@@H]43)[C@H]1[C@H]2C. The van der Waals surface area contributed by atoms with Crippen LogP contribution in [0.3, 0.4) is 0 Å². The van der Waals surface area contributed by atoms with Crippen LogP contribution < -0.4 is 31.9 Å². The molecule has 0 bridgehead atoms. The number of aliphatic hydroxyl groups excluding tert-OH is 1. The van der Waals surface area contributed by atoms with Crippen molar-refractivity contribution in [3.8, 4) is 0 Å². The van der Waals surface area contributed by atoms with Crippen molar-refractivity contribution in [2.24, 2.45) is 35.0 Å². The van der Waals surface area contributed by atoms with E-state index in [0.29, 0.717) is 104 Å². The van der Waals surface area contributed by atoms with Gasteiger partial charge in [-0.2, -0.15) is 11.8 Å². The minimum atomic E-state index is -0.816. The first kappa shape index (κ1) is 61.1. The first-order chi connectivity index (χ1) is 40.1. The summed E-state index contributed by atoms with van der Waals surface area (Å²) < 4.78 is 7.39. The summed E-state index contributed by atoms with van der Waals surface area (Å²) in [7, 11) is 0. The van der Waals surface area contributed by atoms with Gasteiger partial charge in [0.1, 0.15) is 6.04 Å². The molecule has 4 aliphatic carbocycles. The van der Waals surface area contributed by atoms with Crippen molar-refractivity contribution in [1.29, 1.82) is 0 Å². The number of thioether (sulfide) groups is 1. The monoisotopic (exact) mass is 1160 g/mol. The van der Waals surface area contributed by atoms with Gasteiger partial charge < -0.3 is 41.7 Å². The number of nitrogens with zero attached hydrogens (tertiary/aromatic N) is 1. The van der Waals surface area contributed by atoms with E-state index in [2.05, 4.69) is 70.6 Å². The molecule has 7 N–H and O–H groups in total. The third-order valence-corrected chi connectivity index (χ3v) is 22.5. The number of ether oxygens (including phenoxy) is 1. The summed E-state index contributed by atoms with van der Waals surface area (Å²) in [5.74, 6) is 3.30. The standard InChI is InChI=1S/C67H95N7O8S/c1-42-36-56-62(44(3)67(82-56)31-29-50-51-27-26-48-38-49(75)28-30-66(48,4)53(51)39-52(50)43(67)2)74(40-42)35-34-69-59(77)19-10-6-15-33-70-64(80)54(37-45-22-24-47(25-23-45)63(79)46-16-8-5-9-17-46)71-60(78)21-11-7-14-32-68-58(76)20-13-12-18-57-61-55(41-83-57)72-65(81)73-61/h5,8-9,16-17,22-26,42,44,49-51,53-57,61-62,75H,6-7,10-15,18-21,27-41H2,1-4H3,(H,68,76)(H,69,77)(H,70,80)(H,71,78)(H2,72,73,81)/t42-,44+,49-,50-,51-,53-,54-,55-,56+,57-,61-,62-,66-,67?/m0/s1. The summed E-state index contributed by atoms with van der Waals surface area (Å²) in [5.41, 5.74) is 6.65. The number of carbonyl (C=O) groups excluding carboxylic acids is 6. The van der Waals surface area contributed by atoms with Crippen molar-refractivity contribution in [3.05, 3.63) is 94.1 Å². The molecule has 2 saturated carbocycles. The zero-order valence-corrected chi connectivity index (χ0v) is 50.8. The molecule has 4 aliphatic heterocycles. The molecule has 8 aliphatic rings. The second-order valence-electron chi connectivity index (χ2n) is 26.4. The van der Waals surface area contributed by atoms with Crippen LogP contribution in [0.1, 0.15) is 178 Å². The van der Waals surface area contributed by atoms with Crippen LogP contribution in [0.15, 0.2) is 77.4 Å². The predicted molar refractivity (Wildman–Crippen MR) is 325 cm³/mol. The molecule has 14 atom stereocenters. The Morgan fingerprint density at radius 1 is 0.807 bits per heavy atom. The molecule has 16 heteroatoms. The van der Waals surface area contributed by atoms with Crippen LogP contribution >= 0.6 is 11.8 Å². The van der Waals surface area contributed by atoms with E-state index in [0.717, 1.165) is 101 Å². The van der Waals surface area contributed by atoms with E-state index >= 15 is 0 Å². The molecule has 4 heterocycles. The second-order valence-corrected chi connectivity index (χ2v) is 27.7. The van der Waals surface area contributed by atoms with E-state index < -0.39 is 6.04 Å². The smallest absolute Gasteiger partial charge is 0.315 e. The lowest BCUT2D eigenvalue weighted by Crippen LogP contribution is -2.54. The number of hydrogen-bond donors (Lipinski definition) is 7. The van der Waals surface area contributed by atoms with Gasteiger partial charge >= 0.3 is 6.03 Å². The Hall–Kier alpha value is -5.03. The van der Waals surface area contributed by atoms with Crippen LogP contribution in [0.5, 0.6) is 0 Å². The fourth-order valence-corrected chi connectivity index (χ4v) is 18.1. The number of unbranched alkanes of at least 4 members (excludes halogenated alkanes) is 5. The lowest BCUT2D eigenvalue weighted by atomic mass is 9.56.